The van der Waals surface area contributed by atoms with Crippen LogP contribution in [0.15, 0.2) is 10.9 Å². The van der Waals surface area contributed by atoms with Gasteiger partial charge in [0.25, 0.3) is 5.56 Å². The average Bonchev–Trinajstić information content (AvgIpc) is 3.00. The highest BCUT2D eigenvalue weighted by molar-refractivity contribution is 7.98. The van der Waals surface area contributed by atoms with Gasteiger partial charge in [0, 0.05) is 18.2 Å². The number of hydrogen-bond donors (Lipinski definition) is 0. The van der Waals surface area contributed by atoms with E-state index in [0.29, 0.717) is 6.04 Å². The van der Waals surface area contributed by atoms with E-state index >= 15 is 0 Å². The van der Waals surface area contributed by atoms with Crippen molar-refractivity contribution in [3.8, 4) is 0 Å². The molecule has 1 saturated carbocycles. The summed E-state index contributed by atoms with van der Waals surface area (Å²) in [6.07, 6.45) is 3.27. The summed E-state index contributed by atoms with van der Waals surface area (Å²) in [7, 11) is 0. The van der Waals surface area contributed by atoms with Crippen molar-refractivity contribution in [1.82, 2.24) is 9.78 Å². The molecule has 1 aliphatic carbocycles. The molecule has 0 spiro atoms. The molecule has 1 aromatic heterocycles. The van der Waals surface area contributed by atoms with Gasteiger partial charge in [0.15, 0.2) is 0 Å². The molecular formula is C10H12N2OS. The second-order valence-electron chi connectivity index (χ2n) is 3.93. The van der Waals surface area contributed by atoms with Crippen LogP contribution in [-0.4, -0.2) is 15.5 Å². The van der Waals surface area contributed by atoms with Crippen molar-refractivity contribution in [2.24, 2.45) is 0 Å². The van der Waals surface area contributed by atoms with Gasteiger partial charge in [-0.15, -0.1) is 0 Å². The molecule has 0 radical (unpaired) electrons. The van der Waals surface area contributed by atoms with E-state index in [1.54, 1.807) is 10.7 Å². The van der Waals surface area contributed by atoms with Gasteiger partial charge in [-0.3, -0.25) is 4.79 Å². The van der Waals surface area contributed by atoms with E-state index in [1.165, 1.54) is 0 Å². The Labute approximate surface area is 86.5 Å². The van der Waals surface area contributed by atoms with Crippen LogP contribution in [0.5, 0.6) is 0 Å². The Bertz CT molecular complexity index is 423. The lowest BCUT2D eigenvalue weighted by atomic mass is 10.2. The predicted molar refractivity (Wildman–Crippen MR) is 56.6 cm³/mol. The zero-order valence-electron chi connectivity index (χ0n) is 7.90. The number of hydrogen-bond acceptors (Lipinski definition) is 3. The minimum Gasteiger partial charge on any atom is -0.268 e. The van der Waals surface area contributed by atoms with Crippen molar-refractivity contribution in [1.29, 1.82) is 0 Å². The molecule has 0 unspecified atom stereocenters. The van der Waals surface area contributed by atoms with Crippen molar-refractivity contribution < 1.29 is 0 Å². The number of fused-ring (bicyclic) bond motifs is 1. The molecule has 2 heterocycles. The van der Waals surface area contributed by atoms with E-state index in [9.17, 15) is 4.79 Å². The third kappa shape index (κ3) is 1.38. The Hall–Kier alpha value is -0.770. The topological polar surface area (TPSA) is 34.9 Å². The molecule has 1 fully saturated rings. The molecule has 4 heteroatoms. The molecule has 0 N–H and O–H groups in total. The molecule has 0 atom stereocenters. The number of aromatic nitrogens is 2. The lowest BCUT2D eigenvalue weighted by Crippen LogP contribution is -2.25. The molecule has 3 rings (SSSR count). The Kier molecular flexibility index (Phi) is 1.90. The summed E-state index contributed by atoms with van der Waals surface area (Å²) in [6, 6.07) is 2.19. The van der Waals surface area contributed by atoms with E-state index in [2.05, 4.69) is 5.10 Å². The first-order valence-corrected chi connectivity index (χ1v) is 6.19. The fraction of sp³-hybridized carbons (Fsp3) is 0.600. The number of thioether (sulfide) groups is 1. The summed E-state index contributed by atoms with van der Waals surface area (Å²) in [5.41, 5.74) is 2.40. The van der Waals surface area contributed by atoms with Gasteiger partial charge >= 0.3 is 0 Å². The molecule has 0 amide bonds. The second kappa shape index (κ2) is 3.12. The minimum absolute atomic E-state index is 0.0914. The Morgan fingerprint density at radius 3 is 3.14 bits per heavy atom. The molecule has 74 valence electrons. The average molecular weight is 208 g/mol. The normalized spacial score (nSPS) is 20.6. The maximum atomic E-state index is 11.7. The third-order valence-electron chi connectivity index (χ3n) is 2.76. The van der Waals surface area contributed by atoms with Crippen LogP contribution in [0.2, 0.25) is 0 Å². The van der Waals surface area contributed by atoms with Crippen LogP contribution in [0, 0.1) is 0 Å². The van der Waals surface area contributed by atoms with Crippen LogP contribution >= 0.6 is 11.8 Å². The standard InChI is InChI=1S/C10H12N2OS/c13-10-5-7-6-14-4-3-9(7)11-12(10)8-1-2-8/h5,8H,1-4,6H2. The smallest absolute Gasteiger partial charge is 0.267 e. The van der Waals surface area contributed by atoms with E-state index in [0.717, 1.165) is 42.0 Å². The number of rotatable bonds is 1. The zero-order valence-corrected chi connectivity index (χ0v) is 8.72. The molecule has 1 aromatic rings. The van der Waals surface area contributed by atoms with Crippen molar-refractivity contribution in [2.75, 3.05) is 5.75 Å². The van der Waals surface area contributed by atoms with Gasteiger partial charge in [-0.25, -0.2) is 4.68 Å². The summed E-state index contributed by atoms with van der Waals surface area (Å²) >= 11 is 1.89. The van der Waals surface area contributed by atoms with Gasteiger partial charge < -0.3 is 0 Å². The highest BCUT2D eigenvalue weighted by Gasteiger charge is 2.27. The van der Waals surface area contributed by atoms with E-state index in [1.807, 2.05) is 11.8 Å². The highest BCUT2D eigenvalue weighted by atomic mass is 32.2. The maximum absolute atomic E-state index is 11.7. The summed E-state index contributed by atoms with van der Waals surface area (Å²) in [4.78, 5) is 11.7. The Balaban J connectivity index is 2.10. The SMILES string of the molecule is O=c1cc2c(nn1C1CC1)CCSC2. The van der Waals surface area contributed by atoms with Crippen LogP contribution < -0.4 is 5.56 Å². The van der Waals surface area contributed by atoms with Gasteiger partial charge in [0.05, 0.1) is 11.7 Å². The lowest BCUT2D eigenvalue weighted by molar-refractivity contribution is 0.580. The first kappa shape index (κ1) is 8.53. The molecule has 0 saturated heterocycles. The fourth-order valence-corrected chi connectivity index (χ4v) is 2.76. The van der Waals surface area contributed by atoms with Crippen molar-refractivity contribution in [3.05, 3.63) is 27.7 Å². The molecule has 14 heavy (non-hydrogen) atoms. The fourth-order valence-electron chi connectivity index (χ4n) is 1.81. The number of nitrogens with zero attached hydrogens (tertiary/aromatic N) is 2. The predicted octanol–water partition coefficient (Wildman–Crippen LogP) is 1.37. The Morgan fingerprint density at radius 2 is 2.36 bits per heavy atom. The minimum atomic E-state index is 0.0914. The first-order chi connectivity index (χ1) is 6.84. The van der Waals surface area contributed by atoms with Crippen LogP contribution in [0.4, 0.5) is 0 Å². The summed E-state index contributed by atoms with van der Waals surface area (Å²) in [5.74, 6) is 2.10. The van der Waals surface area contributed by atoms with Gasteiger partial charge in [-0.1, -0.05) is 0 Å². The highest BCUT2D eigenvalue weighted by Crippen LogP contribution is 2.33. The van der Waals surface area contributed by atoms with Gasteiger partial charge in [-0.05, 0) is 24.2 Å². The molecule has 1 aliphatic heterocycles. The van der Waals surface area contributed by atoms with Gasteiger partial charge in [0.2, 0.25) is 0 Å². The van der Waals surface area contributed by atoms with Crippen LogP contribution in [0.3, 0.4) is 0 Å². The van der Waals surface area contributed by atoms with Crippen LogP contribution in [0.1, 0.15) is 30.1 Å². The monoisotopic (exact) mass is 208 g/mol. The molecular weight excluding hydrogens is 196 g/mol. The van der Waals surface area contributed by atoms with Crippen molar-refractivity contribution in [3.63, 3.8) is 0 Å². The summed E-state index contributed by atoms with van der Waals surface area (Å²) in [5, 5.41) is 4.47. The van der Waals surface area contributed by atoms with Gasteiger partial charge in [0.1, 0.15) is 0 Å². The van der Waals surface area contributed by atoms with E-state index < -0.39 is 0 Å². The van der Waals surface area contributed by atoms with Crippen LogP contribution in [-0.2, 0) is 12.2 Å². The van der Waals surface area contributed by atoms with Crippen LogP contribution in [0.25, 0.3) is 0 Å². The van der Waals surface area contributed by atoms with E-state index in [4.69, 9.17) is 0 Å². The quantitative estimate of drug-likeness (QED) is 0.699. The molecule has 0 bridgehead atoms. The van der Waals surface area contributed by atoms with Crippen molar-refractivity contribution in [2.45, 2.75) is 31.1 Å². The lowest BCUT2D eigenvalue weighted by Gasteiger charge is -2.15. The summed E-state index contributed by atoms with van der Waals surface area (Å²) in [6.45, 7) is 0. The largest absolute Gasteiger partial charge is 0.268 e. The Morgan fingerprint density at radius 1 is 1.50 bits per heavy atom. The summed E-state index contributed by atoms with van der Waals surface area (Å²) < 4.78 is 1.69. The van der Waals surface area contributed by atoms with Gasteiger partial charge in [-0.2, -0.15) is 16.9 Å². The second-order valence-corrected chi connectivity index (χ2v) is 5.04. The maximum Gasteiger partial charge on any atom is 0.267 e. The van der Waals surface area contributed by atoms with E-state index in [-0.39, 0.29) is 5.56 Å². The molecule has 3 nitrogen and oxygen atoms in total. The first-order valence-electron chi connectivity index (χ1n) is 5.04. The van der Waals surface area contributed by atoms with Crippen molar-refractivity contribution >= 4 is 11.8 Å². The molecule has 0 aromatic carbocycles. The zero-order chi connectivity index (χ0) is 9.54. The molecule has 2 aliphatic rings. The number of aryl methyl sites for hydroxylation is 1. The third-order valence-corrected chi connectivity index (χ3v) is 3.76.